The number of aromatic nitrogens is 2. The number of hydrogen-bond acceptors (Lipinski definition) is 5. The van der Waals surface area contributed by atoms with E-state index in [9.17, 15) is 9.59 Å². The van der Waals surface area contributed by atoms with Gasteiger partial charge in [-0.15, -0.1) is 0 Å². The molecular weight excluding hydrogens is 370 g/mol. The summed E-state index contributed by atoms with van der Waals surface area (Å²) in [5.41, 5.74) is 1.64. The highest BCUT2D eigenvalue weighted by atomic mass is 16.5. The Balaban J connectivity index is 1.75. The first-order valence-corrected chi connectivity index (χ1v) is 9.47. The molecule has 0 atom stereocenters. The summed E-state index contributed by atoms with van der Waals surface area (Å²) in [6, 6.07) is 13.9. The number of rotatable bonds is 5. The molecule has 0 unspecified atom stereocenters. The maximum atomic E-state index is 13.0. The second-order valence-electron chi connectivity index (χ2n) is 6.93. The predicted octanol–water partition coefficient (Wildman–Crippen LogP) is 4.20. The van der Waals surface area contributed by atoms with Crippen LogP contribution in [0.25, 0.3) is 22.0 Å². The monoisotopic (exact) mass is 391 g/mol. The first-order valence-electron chi connectivity index (χ1n) is 9.47. The number of imidazole rings is 1. The quantitative estimate of drug-likeness (QED) is 0.515. The third-order valence-electron chi connectivity index (χ3n) is 4.53. The molecule has 0 aliphatic rings. The maximum Gasteiger partial charge on any atom is 0.337 e. The van der Waals surface area contributed by atoms with Gasteiger partial charge in [-0.1, -0.05) is 12.1 Å². The smallest absolute Gasteiger partial charge is 0.337 e. The number of carbonyl (C=O) groups excluding carboxylic acids is 1. The van der Waals surface area contributed by atoms with Crippen LogP contribution in [0.1, 0.15) is 31.1 Å². The van der Waals surface area contributed by atoms with Crippen molar-refractivity contribution in [2.45, 2.75) is 33.4 Å². The van der Waals surface area contributed by atoms with Gasteiger partial charge >= 0.3 is 5.63 Å². The van der Waals surface area contributed by atoms with Gasteiger partial charge in [-0.25, -0.2) is 9.78 Å². The Hall–Kier alpha value is -3.61. The Morgan fingerprint density at radius 1 is 1.21 bits per heavy atom. The third kappa shape index (κ3) is 3.59. The molecule has 0 aliphatic carbocycles. The molecule has 2 heterocycles. The summed E-state index contributed by atoms with van der Waals surface area (Å²) in [5, 5.41) is 3.36. The van der Waals surface area contributed by atoms with Crippen molar-refractivity contribution in [2.24, 2.45) is 0 Å². The number of fused-ring (bicyclic) bond motifs is 2. The van der Waals surface area contributed by atoms with E-state index in [0.717, 1.165) is 11.0 Å². The molecule has 0 fully saturated rings. The van der Waals surface area contributed by atoms with E-state index in [1.807, 2.05) is 49.6 Å². The summed E-state index contributed by atoms with van der Waals surface area (Å²) in [5.74, 6) is 0.575. The second-order valence-corrected chi connectivity index (χ2v) is 6.93. The van der Waals surface area contributed by atoms with E-state index in [2.05, 4.69) is 10.3 Å². The lowest BCUT2D eigenvalue weighted by molar-refractivity contribution is 0.102. The first kappa shape index (κ1) is 18.7. The SMILES string of the molecule is CCn1c(NC(=O)c2cc(=O)oc3cc(OC(C)C)ccc23)nc2ccccc21. The lowest BCUT2D eigenvalue weighted by Gasteiger charge is -2.11. The van der Waals surface area contributed by atoms with Gasteiger partial charge in [-0.2, -0.15) is 0 Å². The summed E-state index contributed by atoms with van der Waals surface area (Å²) in [6.07, 6.45) is -0.0207. The van der Waals surface area contributed by atoms with Gasteiger partial charge in [0, 0.05) is 24.1 Å². The van der Waals surface area contributed by atoms with Gasteiger partial charge in [-0.05, 0) is 45.0 Å². The highest BCUT2D eigenvalue weighted by Gasteiger charge is 2.17. The van der Waals surface area contributed by atoms with Gasteiger partial charge in [-0.3, -0.25) is 10.1 Å². The molecule has 0 aliphatic heterocycles. The Morgan fingerprint density at radius 2 is 2.00 bits per heavy atom. The van der Waals surface area contributed by atoms with Crippen LogP contribution in [0.5, 0.6) is 5.75 Å². The minimum Gasteiger partial charge on any atom is -0.491 e. The van der Waals surface area contributed by atoms with Crippen molar-refractivity contribution in [1.29, 1.82) is 0 Å². The highest BCUT2D eigenvalue weighted by molar-refractivity contribution is 6.11. The standard InChI is InChI=1S/C22H21N3O4/c1-4-25-18-8-6-5-7-17(18)23-22(25)24-21(27)16-12-20(26)29-19-11-14(28-13(2)3)9-10-15(16)19/h5-13H,4H2,1-3H3,(H,23,24,27). The lowest BCUT2D eigenvalue weighted by Crippen LogP contribution is -2.18. The molecule has 0 saturated carbocycles. The second kappa shape index (κ2) is 7.43. The molecule has 29 heavy (non-hydrogen) atoms. The zero-order valence-electron chi connectivity index (χ0n) is 16.4. The molecule has 1 N–H and O–H groups in total. The van der Waals surface area contributed by atoms with E-state index in [0.29, 0.717) is 29.2 Å². The zero-order chi connectivity index (χ0) is 20.5. The zero-order valence-corrected chi connectivity index (χ0v) is 16.4. The van der Waals surface area contributed by atoms with E-state index >= 15 is 0 Å². The average Bonchev–Trinajstić information content (AvgIpc) is 3.03. The molecule has 4 rings (SSSR count). The van der Waals surface area contributed by atoms with Crippen LogP contribution in [0, 0.1) is 0 Å². The number of amides is 1. The number of para-hydroxylation sites is 2. The van der Waals surface area contributed by atoms with Gasteiger partial charge < -0.3 is 13.7 Å². The number of benzene rings is 2. The molecule has 0 spiro atoms. The summed E-state index contributed by atoms with van der Waals surface area (Å²) >= 11 is 0. The number of nitrogens with one attached hydrogen (secondary N) is 1. The minimum atomic E-state index is -0.603. The normalized spacial score (nSPS) is 11.3. The molecule has 0 bridgehead atoms. The van der Waals surface area contributed by atoms with Crippen molar-refractivity contribution in [3.05, 3.63) is 64.5 Å². The van der Waals surface area contributed by atoms with Crippen molar-refractivity contribution < 1.29 is 13.9 Å². The topological polar surface area (TPSA) is 86.4 Å². The van der Waals surface area contributed by atoms with Crippen molar-refractivity contribution in [1.82, 2.24) is 9.55 Å². The van der Waals surface area contributed by atoms with Gasteiger partial charge in [0.2, 0.25) is 5.95 Å². The largest absolute Gasteiger partial charge is 0.491 e. The van der Waals surface area contributed by atoms with Crippen molar-refractivity contribution in [3.63, 3.8) is 0 Å². The van der Waals surface area contributed by atoms with E-state index in [1.54, 1.807) is 18.2 Å². The van der Waals surface area contributed by atoms with Crippen molar-refractivity contribution in [3.8, 4) is 5.75 Å². The fourth-order valence-electron chi connectivity index (χ4n) is 3.34. The molecule has 7 nitrogen and oxygen atoms in total. The lowest BCUT2D eigenvalue weighted by atomic mass is 10.1. The molecule has 7 heteroatoms. The first-order chi connectivity index (χ1) is 14.0. The van der Waals surface area contributed by atoms with E-state index in [4.69, 9.17) is 9.15 Å². The molecule has 148 valence electrons. The summed E-state index contributed by atoms with van der Waals surface area (Å²) < 4.78 is 12.8. The summed E-state index contributed by atoms with van der Waals surface area (Å²) in [7, 11) is 0. The highest BCUT2D eigenvalue weighted by Crippen LogP contribution is 2.25. The number of aryl methyl sites for hydroxylation is 1. The molecule has 1 amide bonds. The van der Waals surface area contributed by atoms with Crippen LogP contribution < -0.4 is 15.7 Å². The Kier molecular flexibility index (Phi) is 4.80. The van der Waals surface area contributed by atoms with Gasteiger partial charge in [0.15, 0.2) is 0 Å². The Morgan fingerprint density at radius 3 is 2.76 bits per heavy atom. The number of nitrogens with zero attached hydrogens (tertiary/aromatic N) is 2. The van der Waals surface area contributed by atoms with E-state index < -0.39 is 11.5 Å². The predicted molar refractivity (Wildman–Crippen MR) is 112 cm³/mol. The Labute approximate surface area is 166 Å². The number of anilines is 1. The van der Waals surface area contributed by atoms with Gasteiger partial charge in [0.25, 0.3) is 5.91 Å². The van der Waals surface area contributed by atoms with Crippen LogP contribution in [0.15, 0.2) is 57.7 Å². The molecule has 4 aromatic rings. The van der Waals surface area contributed by atoms with Crippen molar-refractivity contribution in [2.75, 3.05) is 5.32 Å². The summed E-state index contributed by atoms with van der Waals surface area (Å²) in [4.78, 5) is 29.6. The molecule has 2 aromatic heterocycles. The maximum absolute atomic E-state index is 13.0. The minimum absolute atomic E-state index is 0.0207. The van der Waals surface area contributed by atoms with E-state index in [-0.39, 0.29) is 11.7 Å². The van der Waals surface area contributed by atoms with Crippen LogP contribution in [0.2, 0.25) is 0 Å². The average molecular weight is 391 g/mol. The number of ether oxygens (including phenoxy) is 1. The number of hydrogen-bond donors (Lipinski definition) is 1. The molecule has 0 radical (unpaired) electrons. The van der Waals surface area contributed by atoms with Crippen molar-refractivity contribution >= 4 is 33.9 Å². The third-order valence-corrected chi connectivity index (χ3v) is 4.53. The van der Waals surface area contributed by atoms with Gasteiger partial charge in [0.05, 0.1) is 22.7 Å². The number of carbonyl (C=O) groups is 1. The molecule has 0 saturated heterocycles. The fourth-order valence-corrected chi connectivity index (χ4v) is 3.34. The van der Waals surface area contributed by atoms with Gasteiger partial charge in [0.1, 0.15) is 11.3 Å². The van der Waals surface area contributed by atoms with E-state index in [1.165, 1.54) is 6.07 Å². The Bertz CT molecular complexity index is 1270. The van der Waals surface area contributed by atoms with Crippen LogP contribution in [-0.4, -0.2) is 21.6 Å². The fraction of sp³-hybridized carbons (Fsp3) is 0.227. The van der Waals surface area contributed by atoms with Crippen LogP contribution in [-0.2, 0) is 6.54 Å². The molecule has 2 aromatic carbocycles. The molecular formula is C22H21N3O4. The summed E-state index contributed by atoms with van der Waals surface area (Å²) in [6.45, 7) is 6.43. The van der Waals surface area contributed by atoms with Crippen LogP contribution >= 0.6 is 0 Å². The van der Waals surface area contributed by atoms with Crippen LogP contribution in [0.3, 0.4) is 0 Å². The van der Waals surface area contributed by atoms with Crippen LogP contribution in [0.4, 0.5) is 5.95 Å².